The summed E-state index contributed by atoms with van der Waals surface area (Å²) in [5, 5.41) is 3.64. The molecule has 2 atom stereocenters. The van der Waals surface area contributed by atoms with E-state index < -0.39 is 0 Å². The molecule has 0 bridgehead atoms. The Hall–Kier alpha value is -1.44. The number of hydrogen-bond acceptors (Lipinski definition) is 6. The number of carbonyl (C=O) groups excluding carboxylic acids is 1. The first-order valence-electron chi connectivity index (χ1n) is 8.13. The summed E-state index contributed by atoms with van der Waals surface area (Å²) in [5.41, 5.74) is -0.0279. The lowest BCUT2D eigenvalue weighted by molar-refractivity contribution is 0.0459. The Kier molecular flexibility index (Phi) is 4.99. The zero-order chi connectivity index (χ0) is 16.3. The first-order valence-corrected chi connectivity index (χ1v) is 8.13. The van der Waals surface area contributed by atoms with Gasteiger partial charge >= 0.3 is 0 Å². The minimum atomic E-state index is -0.102. The van der Waals surface area contributed by atoms with Crippen LogP contribution in [0.25, 0.3) is 0 Å². The topological polar surface area (TPSA) is 68.0 Å². The second kappa shape index (κ2) is 6.98. The third kappa shape index (κ3) is 3.41. The van der Waals surface area contributed by atoms with Crippen LogP contribution >= 0.6 is 0 Å². The fourth-order valence-electron chi connectivity index (χ4n) is 3.64. The van der Waals surface area contributed by atoms with Crippen molar-refractivity contribution < 1.29 is 18.8 Å². The molecule has 0 unspecified atom stereocenters. The third-order valence-corrected chi connectivity index (χ3v) is 5.06. The van der Waals surface area contributed by atoms with Crippen molar-refractivity contribution in [1.82, 2.24) is 15.0 Å². The summed E-state index contributed by atoms with van der Waals surface area (Å²) in [7, 11) is 1.72. The Labute approximate surface area is 136 Å². The molecule has 7 nitrogen and oxygen atoms in total. The van der Waals surface area contributed by atoms with Crippen LogP contribution in [0.2, 0.25) is 0 Å². The molecule has 2 aliphatic heterocycles. The van der Waals surface area contributed by atoms with Gasteiger partial charge in [-0.1, -0.05) is 12.1 Å². The van der Waals surface area contributed by atoms with Crippen molar-refractivity contribution in [3.8, 4) is 0 Å². The summed E-state index contributed by atoms with van der Waals surface area (Å²) in [6, 6.07) is 1.61. The van der Waals surface area contributed by atoms with Gasteiger partial charge < -0.3 is 23.8 Å². The lowest BCUT2D eigenvalue weighted by Gasteiger charge is -2.34. The van der Waals surface area contributed by atoms with Gasteiger partial charge in [-0.3, -0.25) is 4.79 Å². The highest BCUT2D eigenvalue weighted by atomic mass is 16.5. The van der Waals surface area contributed by atoms with Crippen LogP contribution in [0.5, 0.6) is 0 Å². The van der Waals surface area contributed by atoms with Crippen molar-refractivity contribution in [1.29, 1.82) is 0 Å². The smallest absolute Gasteiger partial charge is 0.292 e. The highest BCUT2D eigenvalue weighted by Crippen LogP contribution is 2.38. The molecule has 1 aromatic heterocycles. The van der Waals surface area contributed by atoms with Crippen LogP contribution in [-0.2, 0) is 9.47 Å². The van der Waals surface area contributed by atoms with Crippen LogP contribution in [0.3, 0.4) is 0 Å². The predicted octanol–water partition coefficient (Wildman–Crippen LogP) is 0.732. The van der Waals surface area contributed by atoms with Crippen molar-refractivity contribution in [2.75, 3.05) is 59.7 Å². The van der Waals surface area contributed by atoms with Crippen LogP contribution in [0.4, 0.5) is 0 Å². The van der Waals surface area contributed by atoms with E-state index in [2.05, 4.69) is 17.0 Å². The van der Waals surface area contributed by atoms with Gasteiger partial charge in [0, 0.05) is 51.3 Å². The highest BCUT2D eigenvalue weighted by Gasteiger charge is 2.47. The Bertz CT molecular complexity index is 521. The molecular weight excluding hydrogens is 298 g/mol. The summed E-state index contributed by atoms with van der Waals surface area (Å²) in [6.07, 6.45) is 1.50. The number of carbonyl (C=O) groups is 1. The summed E-state index contributed by atoms with van der Waals surface area (Å²) < 4.78 is 16.1. The molecule has 3 rings (SSSR count). The van der Waals surface area contributed by atoms with E-state index in [0.29, 0.717) is 38.0 Å². The van der Waals surface area contributed by atoms with Gasteiger partial charge in [-0.25, -0.2) is 0 Å². The molecule has 128 valence electrons. The van der Waals surface area contributed by atoms with E-state index in [1.165, 1.54) is 6.20 Å². The van der Waals surface area contributed by atoms with E-state index in [1.54, 1.807) is 13.2 Å². The Morgan fingerprint density at radius 2 is 2.39 bits per heavy atom. The fourth-order valence-corrected chi connectivity index (χ4v) is 3.64. The summed E-state index contributed by atoms with van der Waals surface area (Å²) >= 11 is 0. The van der Waals surface area contributed by atoms with Crippen molar-refractivity contribution >= 4 is 5.91 Å². The molecule has 0 radical (unpaired) electrons. The van der Waals surface area contributed by atoms with Gasteiger partial charge in [-0.15, -0.1) is 0 Å². The molecule has 2 aliphatic rings. The average Bonchev–Trinajstić information content (AvgIpc) is 3.11. The standard InChI is InChI=1S/C16H25N3O4/c1-13-9-18(5-7-21-2)10-16(13)11-19(6-8-22-12-16)15(20)14-3-4-17-23-14/h3-4,13H,5-12H2,1-2H3/t13-,16+/m1/s1. The normalized spacial score (nSPS) is 29.1. The van der Waals surface area contributed by atoms with Crippen molar-refractivity contribution in [2.24, 2.45) is 11.3 Å². The van der Waals surface area contributed by atoms with Crippen LogP contribution in [0.1, 0.15) is 17.5 Å². The molecule has 1 aromatic rings. The number of amides is 1. The summed E-state index contributed by atoms with van der Waals surface area (Å²) in [4.78, 5) is 16.9. The number of hydrogen-bond donors (Lipinski definition) is 0. The van der Waals surface area contributed by atoms with Crippen molar-refractivity contribution in [3.05, 3.63) is 18.0 Å². The van der Waals surface area contributed by atoms with Gasteiger partial charge in [0.25, 0.3) is 5.91 Å². The minimum absolute atomic E-state index is 0.0279. The molecule has 3 heterocycles. The molecule has 0 saturated carbocycles. The molecule has 1 amide bonds. The van der Waals surface area contributed by atoms with Crippen molar-refractivity contribution in [2.45, 2.75) is 6.92 Å². The maximum atomic E-state index is 12.6. The van der Waals surface area contributed by atoms with E-state index in [4.69, 9.17) is 14.0 Å². The highest BCUT2D eigenvalue weighted by molar-refractivity contribution is 5.91. The SMILES string of the molecule is COCCN1C[C@@H](C)[C@@]2(COCCN(C(=O)c3ccno3)C2)C1. The fraction of sp³-hybridized carbons (Fsp3) is 0.750. The Balaban J connectivity index is 1.73. The number of aromatic nitrogens is 1. The second-order valence-corrected chi connectivity index (χ2v) is 6.65. The lowest BCUT2D eigenvalue weighted by Crippen LogP contribution is -2.45. The molecule has 2 fully saturated rings. The number of ether oxygens (including phenoxy) is 2. The molecule has 0 aromatic carbocycles. The van der Waals surface area contributed by atoms with Crippen LogP contribution < -0.4 is 0 Å². The number of nitrogens with zero attached hydrogens (tertiary/aromatic N) is 3. The Morgan fingerprint density at radius 3 is 3.13 bits per heavy atom. The van der Waals surface area contributed by atoms with Crippen LogP contribution in [0, 0.1) is 11.3 Å². The second-order valence-electron chi connectivity index (χ2n) is 6.65. The van der Waals surface area contributed by atoms with Gasteiger partial charge in [0.1, 0.15) is 0 Å². The first-order chi connectivity index (χ1) is 11.1. The maximum absolute atomic E-state index is 12.6. The summed E-state index contributed by atoms with van der Waals surface area (Å²) in [5.74, 6) is 0.654. The van der Waals surface area contributed by atoms with E-state index in [-0.39, 0.29) is 11.3 Å². The molecule has 1 spiro atoms. The van der Waals surface area contributed by atoms with Gasteiger partial charge in [-0.05, 0) is 5.92 Å². The molecular formula is C16H25N3O4. The van der Waals surface area contributed by atoms with Crippen LogP contribution in [0.15, 0.2) is 16.8 Å². The number of rotatable bonds is 4. The van der Waals surface area contributed by atoms with Gasteiger partial charge in [0.2, 0.25) is 5.76 Å². The predicted molar refractivity (Wildman–Crippen MR) is 83.1 cm³/mol. The lowest BCUT2D eigenvalue weighted by atomic mass is 9.79. The maximum Gasteiger partial charge on any atom is 0.292 e. The van der Waals surface area contributed by atoms with Crippen LogP contribution in [-0.4, -0.2) is 80.5 Å². The van der Waals surface area contributed by atoms with Crippen molar-refractivity contribution in [3.63, 3.8) is 0 Å². The monoisotopic (exact) mass is 323 g/mol. The van der Waals surface area contributed by atoms with E-state index in [1.807, 2.05) is 4.90 Å². The molecule has 0 aliphatic carbocycles. The largest absolute Gasteiger partial charge is 0.383 e. The quantitative estimate of drug-likeness (QED) is 0.814. The number of likely N-dealkylation sites (tertiary alicyclic amines) is 1. The number of methoxy groups -OCH3 is 1. The molecule has 23 heavy (non-hydrogen) atoms. The zero-order valence-electron chi connectivity index (χ0n) is 13.9. The Morgan fingerprint density at radius 1 is 1.52 bits per heavy atom. The van der Waals surface area contributed by atoms with E-state index in [0.717, 1.165) is 26.2 Å². The van der Waals surface area contributed by atoms with E-state index in [9.17, 15) is 4.79 Å². The summed E-state index contributed by atoms with van der Waals surface area (Å²) in [6.45, 7) is 8.36. The van der Waals surface area contributed by atoms with Gasteiger partial charge in [0.05, 0.1) is 26.0 Å². The first kappa shape index (κ1) is 16.4. The third-order valence-electron chi connectivity index (χ3n) is 5.06. The molecule has 7 heteroatoms. The molecule has 0 N–H and O–H groups in total. The average molecular weight is 323 g/mol. The molecule has 2 saturated heterocycles. The van der Waals surface area contributed by atoms with Gasteiger partial charge in [-0.2, -0.15) is 0 Å². The van der Waals surface area contributed by atoms with E-state index >= 15 is 0 Å². The minimum Gasteiger partial charge on any atom is -0.383 e. The zero-order valence-corrected chi connectivity index (χ0v) is 13.9. The van der Waals surface area contributed by atoms with Gasteiger partial charge in [0.15, 0.2) is 0 Å².